The Morgan fingerprint density at radius 2 is 2.17 bits per heavy atom. The molecule has 9 heteroatoms. The highest BCUT2D eigenvalue weighted by Crippen LogP contribution is 2.37. The quantitative estimate of drug-likeness (QED) is 0.720. The van der Waals surface area contributed by atoms with Crippen molar-refractivity contribution in [3.05, 3.63) is 16.5 Å². The minimum absolute atomic E-state index is 0.180. The molecule has 1 aromatic rings. The monoisotopic (exact) mass is 339 g/mol. The second-order valence-corrected chi connectivity index (χ2v) is 6.47. The van der Waals surface area contributed by atoms with Gasteiger partial charge >= 0.3 is 5.97 Å². The molecule has 7 nitrogen and oxygen atoms in total. The Kier molecular flexibility index (Phi) is 3.26. The maximum Gasteiger partial charge on any atom is 0.371 e. The summed E-state index contributed by atoms with van der Waals surface area (Å²) >= 11 is 2.86. The Balaban J connectivity index is 2.33. The van der Waals surface area contributed by atoms with Crippen LogP contribution in [-0.2, 0) is 10.0 Å². The molecular weight excluding hydrogens is 330 g/mol. The Morgan fingerprint density at radius 1 is 1.56 bits per heavy atom. The number of aliphatic hydroxyl groups is 1. The Morgan fingerprint density at radius 3 is 2.56 bits per heavy atom. The molecule has 1 heterocycles. The molecule has 0 aromatic carbocycles. The number of carboxylic acids is 1. The number of hydrogen-bond donors (Lipinski definition) is 3. The predicted octanol–water partition coefficient (Wildman–Crippen LogP) is 0.543. The van der Waals surface area contributed by atoms with Gasteiger partial charge in [0, 0.05) is 6.07 Å². The van der Waals surface area contributed by atoms with Crippen molar-refractivity contribution in [3.8, 4) is 0 Å². The number of halogens is 1. The molecule has 18 heavy (non-hydrogen) atoms. The molecule has 1 saturated carbocycles. The number of carbonyl (C=O) groups is 1. The molecule has 0 saturated heterocycles. The fourth-order valence-electron chi connectivity index (χ4n) is 1.42. The van der Waals surface area contributed by atoms with E-state index in [2.05, 4.69) is 20.7 Å². The van der Waals surface area contributed by atoms with Gasteiger partial charge in [-0.05, 0) is 28.8 Å². The van der Waals surface area contributed by atoms with Gasteiger partial charge in [-0.15, -0.1) is 0 Å². The second kappa shape index (κ2) is 4.34. The van der Waals surface area contributed by atoms with Crippen LogP contribution in [0.5, 0.6) is 0 Å². The molecule has 0 atom stereocenters. The molecule has 0 unspecified atom stereocenters. The van der Waals surface area contributed by atoms with Crippen molar-refractivity contribution in [3.63, 3.8) is 0 Å². The number of sulfonamides is 1. The summed E-state index contributed by atoms with van der Waals surface area (Å²) in [4.78, 5) is 10.4. The molecule has 1 aliphatic carbocycles. The van der Waals surface area contributed by atoms with Crippen LogP contribution in [0.3, 0.4) is 0 Å². The van der Waals surface area contributed by atoms with E-state index in [0.717, 1.165) is 6.07 Å². The molecule has 0 spiro atoms. The number of furan rings is 1. The average molecular weight is 340 g/mol. The number of nitrogens with one attached hydrogen (secondary N) is 1. The highest BCUT2D eigenvalue weighted by atomic mass is 79.9. The van der Waals surface area contributed by atoms with Crippen molar-refractivity contribution in [1.82, 2.24) is 4.72 Å². The molecule has 0 amide bonds. The summed E-state index contributed by atoms with van der Waals surface area (Å²) in [5.41, 5.74) is -0.821. The highest BCUT2D eigenvalue weighted by Gasteiger charge is 2.46. The lowest BCUT2D eigenvalue weighted by Gasteiger charge is -2.13. The van der Waals surface area contributed by atoms with Crippen LogP contribution in [0.1, 0.15) is 23.4 Å². The van der Waals surface area contributed by atoms with E-state index >= 15 is 0 Å². The predicted molar refractivity (Wildman–Crippen MR) is 62.7 cm³/mol. The molecule has 0 aliphatic heterocycles. The maximum atomic E-state index is 12.0. The highest BCUT2D eigenvalue weighted by molar-refractivity contribution is 9.10. The van der Waals surface area contributed by atoms with Gasteiger partial charge < -0.3 is 14.6 Å². The lowest BCUT2D eigenvalue weighted by Crippen LogP contribution is -2.39. The van der Waals surface area contributed by atoms with E-state index < -0.39 is 27.3 Å². The van der Waals surface area contributed by atoms with E-state index in [4.69, 9.17) is 14.6 Å². The zero-order valence-electron chi connectivity index (χ0n) is 9.01. The molecule has 0 bridgehead atoms. The first-order valence-corrected chi connectivity index (χ1v) is 7.25. The van der Waals surface area contributed by atoms with Crippen LogP contribution in [0.2, 0.25) is 0 Å². The minimum atomic E-state index is -3.92. The molecule has 1 aliphatic rings. The number of aliphatic hydroxyl groups excluding tert-OH is 1. The summed E-state index contributed by atoms with van der Waals surface area (Å²) in [6.45, 7) is -0.298. The van der Waals surface area contributed by atoms with Gasteiger partial charge in [-0.1, -0.05) is 0 Å². The Bertz CT molecular complexity index is 588. The van der Waals surface area contributed by atoms with Gasteiger partial charge in [0.2, 0.25) is 15.8 Å². The van der Waals surface area contributed by atoms with E-state index in [1.54, 1.807) is 0 Å². The summed E-state index contributed by atoms with van der Waals surface area (Å²) in [5.74, 6) is -1.84. The van der Waals surface area contributed by atoms with Crippen molar-refractivity contribution in [1.29, 1.82) is 0 Å². The topological polar surface area (TPSA) is 117 Å². The summed E-state index contributed by atoms with van der Waals surface area (Å²) in [6, 6.07) is 0.919. The second-order valence-electron chi connectivity index (χ2n) is 4.10. The van der Waals surface area contributed by atoms with Crippen LogP contribution < -0.4 is 4.72 Å². The van der Waals surface area contributed by atoms with Gasteiger partial charge in [0.1, 0.15) is 4.90 Å². The smallest absolute Gasteiger partial charge is 0.371 e. The van der Waals surface area contributed by atoms with Crippen LogP contribution in [0.25, 0.3) is 0 Å². The molecule has 1 fully saturated rings. The fourth-order valence-corrected chi connectivity index (χ4v) is 3.82. The molecule has 0 radical (unpaired) electrons. The van der Waals surface area contributed by atoms with Crippen molar-refractivity contribution >= 4 is 31.9 Å². The van der Waals surface area contributed by atoms with Crippen molar-refractivity contribution in [2.75, 3.05) is 6.61 Å². The van der Waals surface area contributed by atoms with Crippen molar-refractivity contribution in [2.45, 2.75) is 23.3 Å². The van der Waals surface area contributed by atoms with Gasteiger partial charge in [-0.2, -0.15) is 0 Å². The number of aromatic carboxylic acids is 1. The number of hydrogen-bond acceptors (Lipinski definition) is 5. The van der Waals surface area contributed by atoms with E-state index in [1.807, 2.05) is 0 Å². The third-order valence-corrected chi connectivity index (χ3v) is 5.10. The van der Waals surface area contributed by atoms with Gasteiger partial charge in [-0.25, -0.2) is 17.9 Å². The third kappa shape index (κ3) is 2.44. The SMILES string of the molecule is O=C(O)c1cc(S(=O)(=O)NC2(CO)CC2)c(Br)o1. The van der Waals surface area contributed by atoms with Crippen LogP contribution in [-0.4, -0.2) is 36.7 Å². The molecule has 3 N–H and O–H groups in total. The first-order valence-electron chi connectivity index (χ1n) is 4.97. The standard InChI is InChI=1S/C9H10BrNO6S/c10-7-6(3-5(17-7)8(13)14)18(15,16)11-9(4-12)1-2-9/h3,11-12H,1-2,4H2,(H,13,14). The van der Waals surface area contributed by atoms with Gasteiger partial charge in [0.25, 0.3) is 0 Å². The minimum Gasteiger partial charge on any atom is -0.475 e. The molecular formula is C9H10BrNO6S. The molecule has 2 rings (SSSR count). The lowest BCUT2D eigenvalue weighted by molar-refractivity contribution is 0.0661. The maximum absolute atomic E-state index is 12.0. The van der Waals surface area contributed by atoms with Crippen LogP contribution in [0, 0.1) is 0 Å². The number of carboxylic acid groups (broad SMARTS) is 1. The number of rotatable bonds is 5. The first kappa shape index (κ1) is 13.5. The molecule has 100 valence electrons. The largest absolute Gasteiger partial charge is 0.475 e. The normalized spacial score (nSPS) is 17.7. The van der Waals surface area contributed by atoms with Crippen LogP contribution in [0.15, 0.2) is 20.0 Å². The van der Waals surface area contributed by atoms with Crippen molar-refractivity contribution < 1.29 is 27.8 Å². The third-order valence-electron chi connectivity index (χ3n) is 2.66. The summed E-state index contributed by atoms with van der Waals surface area (Å²) in [6.07, 6.45) is 1.09. The van der Waals surface area contributed by atoms with E-state index in [0.29, 0.717) is 12.8 Å². The van der Waals surface area contributed by atoms with Gasteiger partial charge in [0.15, 0.2) is 4.67 Å². The van der Waals surface area contributed by atoms with E-state index in [1.165, 1.54) is 0 Å². The zero-order chi connectivity index (χ0) is 13.6. The Labute approximate surface area is 111 Å². The fraction of sp³-hybridized carbons (Fsp3) is 0.444. The lowest BCUT2D eigenvalue weighted by atomic mass is 10.3. The van der Waals surface area contributed by atoms with E-state index in [-0.39, 0.29) is 16.2 Å². The van der Waals surface area contributed by atoms with Gasteiger partial charge in [0.05, 0.1) is 12.1 Å². The summed E-state index contributed by atoms with van der Waals surface area (Å²) in [7, 11) is -3.92. The summed E-state index contributed by atoms with van der Waals surface area (Å²) in [5, 5.41) is 17.8. The zero-order valence-corrected chi connectivity index (χ0v) is 11.4. The van der Waals surface area contributed by atoms with Gasteiger partial charge in [-0.3, -0.25) is 0 Å². The van der Waals surface area contributed by atoms with Crippen molar-refractivity contribution in [2.24, 2.45) is 0 Å². The van der Waals surface area contributed by atoms with Crippen LogP contribution >= 0.6 is 15.9 Å². The average Bonchev–Trinajstić information content (AvgIpc) is 2.90. The Hall–Kier alpha value is -0.900. The first-order chi connectivity index (χ1) is 8.30. The van der Waals surface area contributed by atoms with E-state index in [9.17, 15) is 13.2 Å². The molecule has 1 aromatic heterocycles. The summed E-state index contributed by atoms with van der Waals surface area (Å²) < 4.78 is 30.9. The van der Waals surface area contributed by atoms with Crippen LogP contribution in [0.4, 0.5) is 0 Å².